The molecule has 1 aliphatic rings. The van der Waals surface area contributed by atoms with Crippen molar-refractivity contribution < 1.29 is 32.3 Å². The van der Waals surface area contributed by atoms with Crippen LogP contribution >= 0.6 is 0 Å². The van der Waals surface area contributed by atoms with E-state index >= 15 is 0 Å². The molecule has 1 atom stereocenters. The van der Waals surface area contributed by atoms with Gasteiger partial charge in [0.15, 0.2) is 0 Å². The lowest BCUT2D eigenvalue weighted by Crippen LogP contribution is -2.24. The summed E-state index contributed by atoms with van der Waals surface area (Å²) >= 11 is 0. The maximum atomic E-state index is 12.8. The summed E-state index contributed by atoms with van der Waals surface area (Å²) in [6.07, 6.45) is 0.103. The van der Waals surface area contributed by atoms with Crippen LogP contribution in [0, 0.1) is 0 Å². The number of benzene rings is 1. The van der Waals surface area contributed by atoms with E-state index in [0.29, 0.717) is 17.6 Å². The van der Waals surface area contributed by atoms with E-state index in [4.69, 9.17) is 14.3 Å². The average Bonchev–Trinajstić information content (AvgIpc) is 2.61. The molecule has 1 aromatic rings. The Bertz CT molecular complexity index is 745. The fourth-order valence-electron chi connectivity index (χ4n) is 2.81. The van der Waals surface area contributed by atoms with Gasteiger partial charge in [-0.15, -0.1) is 0 Å². The van der Waals surface area contributed by atoms with E-state index in [2.05, 4.69) is 0 Å². The Labute approximate surface area is 155 Å². The third-order valence-corrected chi connectivity index (χ3v) is 3.88. The van der Waals surface area contributed by atoms with E-state index in [9.17, 15) is 18.0 Å². The minimum Gasteiger partial charge on any atom is -0.463 e. The lowest BCUT2D eigenvalue weighted by atomic mass is 9.82. The van der Waals surface area contributed by atoms with Crippen molar-refractivity contribution in [3.63, 3.8) is 0 Å². The van der Waals surface area contributed by atoms with Crippen molar-refractivity contribution >= 4 is 12.1 Å². The van der Waals surface area contributed by atoms with Gasteiger partial charge < -0.3 is 9.64 Å². The fraction of sp³-hybridized carbons (Fsp3) is 0.368. The standard InChI is InChI=1S/C18H20F3NO2.CO2/c1-4-12-10-22(3)11-15(17(23)24-5-2)16(12)13-6-8-14(9-7-13)18(19,20)21;2-1-3/h6-11,16H,4-5H2,1-3H3;. The Morgan fingerprint density at radius 3 is 2.15 bits per heavy atom. The predicted molar refractivity (Wildman–Crippen MR) is 90.0 cm³/mol. The largest absolute Gasteiger partial charge is 0.463 e. The molecule has 1 heterocycles. The summed E-state index contributed by atoms with van der Waals surface area (Å²) < 4.78 is 43.4. The number of nitrogens with zero attached hydrogens (tertiary/aromatic N) is 1. The van der Waals surface area contributed by atoms with Gasteiger partial charge in [0, 0.05) is 25.4 Å². The highest BCUT2D eigenvalue weighted by molar-refractivity contribution is 5.91. The van der Waals surface area contributed by atoms with Crippen molar-refractivity contribution in [3.05, 3.63) is 58.9 Å². The SMILES string of the molecule is CCOC(=O)C1=CN(C)C=C(CC)C1c1ccc(C(F)(F)F)cc1.O=C=O. The zero-order valence-corrected chi connectivity index (χ0v) is 15.2. The Kier molecular flexibility index (Phi) is 7.99. The number of carbonyl (C=O) groups is 1. The van der Waals surface area contributed by atoms with Crippen LogP contribution in [0.5, 0.6) is 0 Å². The molecule has 0 saturated carbocycles. The molecule has 146 valence electrons. The maximum Gasteiger partial charge on any atom is 0.416 e. The minimum absolute atomic E-state index is 0.241. The first kappa shape index (κ1) is 22.2. The highest BCUT2D eigenvalue weighted by Gasteiger charge is 2.33. The fourth-order valence-corrected chi connectivity index (χ4v) is 2.81. The number of rotatable bonds is 4. The Morgan fingerprint density at radius 2 is 1.70 bits per heavy atom. The number of hydrogen-bond donors (Lipinski definition) is 0. The molecule has 1 aromatic carbocycles. The smallest absolute Gasteiger partial charge is 0.416 e. The predicted octanol–water partition coefficient (Wildman–Crippen LogP) is 3.89. The van der Waals surface area contributed by atoms with Crippen molar-refractivity contribution in [1.29, 1.82) is 0 Å². The van der Waals surface area contributed by atoms with Crippen LogP contribution in [0.1, 0.15) is 37.3 Å². The topological polar surface area (TPSA) is 63.7 Å². The second-order valence-electron chi connectivity index (χ2n) is 5.66. The van der Waals surface area contributed by atoms with Gasteiger partial charge in [-0.3, -0.25) is 0 Å². The quantitative estimate of drug-likeness (QED) is 0.738. The summed E-state index contributed by atoms with van der Waals surface area (Å²) in [5, 5.41) is 0. The number of allylic oxidation sites excluding steroid dienone is 1. The Balaban J connectivity index is 0.00000114. The minimum atomic E-state index is -4.38. The molecule has 5 nitrogen and oxygen atoms in total. The van der Waals surface area contributed by atoms with Crippen LogP contribution in [0.4, 0.5) is 13.2 Å². The van der Waals surface area contributed by atoms with Crippen LogP contribution in [0.15, 0.2) is 47.8 Å². The molecule has 0 aromatic heterocycles. The first-order valence-corrected chi connectivity index (χ1v) is 8.17. The van der Waals surface area contributed by atoms with E-state index in [1.807, 2.05) is 13.1 Å². The normalized spacial score (nSPS) is 16.4. The van der Waals surface area contributed by atoms with Gasteiger partial charge in [0.1, 0.15) is 0 Å². The number of hydrogen-bond acceptors (Lipinski definition) is 5. The first-order chi connectivity index (χ1) is 12.7. The van der Waals surface area contributed by atoms with Gasteiger partial charge in [-0.05, 0) is 36.6 Å². The molecule has 0 saturated heterocycles. The molecule has 27 heavy (non-hydrogen) atoms. The van der Waals surface area contributed by atoms with Crippen molar-refractivity contribution in [2.24, 2.45) is 0 Å². The zero-order valence-electron chi connectivity index (χ0n) is 15.2. The van der Waals surface area contributed by atoms with Crippen molar-refractivity contribution in [3.8, 4) is 0 Å². The van der Waals surface area contributed by atoms with Gasteiger partial charge in [-0.1, -0.05) is 19.1 Å². The van der Waals surface area contributed by atoms with Crippen LogP contribution in [-0.4, -0.2) is 30.7 Å². The van der Waals surface area contributed by atoms with Crippen LogP contribution in [0.25, 0.3) is 0 Å². The van der Waals surface area contributed by atoms with E-state index in [0.717, 1.165) is 17.7 Å². The summed E-state index contributed by atoms with van der Waals surface area (Å²) in [6.45, 7) is 3.91. The third-order valence-electron chi connectivity index (χ3n) is 3.88. The lowest BCUT2D eigenvalue weighted by Gasteiger charge is -2.29. The van der Waals surface area contributed by atoms with Gasteiger partial charge in [-0.25, -0.2) is 4.79 Å². The molecule has 0 fully saturated rings. The van der Waals surface area contributed by atoms with Crippen LogP contribution in [0.3, 0.4) is 0 Å². The molecule has 0 spiro atoms. The van der Waals surface area contributed by atoms with Gasteiger partial charge in [-0.2, -0.15) is 22.8 Å². The Morgan fingerprint density at radius 1 is 1.15 bits per heavy atom. The highest BCUT2D eigenvalue weighted by atomic mass is 19.4. The molecule has 1 unspecified atom stereocenters. The summed E-state index contributed by atoms with van der Waals surface area (Å²) in [7, 11) is 1.80. The van der Waals surface area contributed by atoms with Crippen molar-refractivity contribution in [1.82, 2.24) is 4.90 Å². The molecule has 1 aliphatic heterocycles. The van der Waals surface area contributed by atoms with Gasteiger partial charge in [0.05, 0.1) is 17.7 Å². The second kappa shape index (κ2) is 9.73. The van der Waals surface area contributed by atoms with Crippen LogP contribution in [0.2, 0.25) is 0 Å². The number of ether oxygens (including phenoxy) is 1. The highest BCUT2D eigenvalue weighted by Crippen LogP contribution is 2.38. The van der Waals surface area contributed by atoms with E-state index < -0.39 is 23.6 Å². The second-order valence-corrected chi connectivity index (χ2v) is 5.66. The number of alkyl halides is 3. The molecular weight excluding hydrogens is 363 g/mol. The maximum absolute atomic E-state index is 12.8. The van der Waals surface area contributed by atoms with Crippen molar-refractivity contribution in [2.75, 3.05) is 13.7 Å². The van der Waals surface area contributed by atoms with E-state index in [1.54, 1.807) is 25.1 Å². The molecule has 0 amide bonds. The average molecular weight is 383 g/mol. The summed E-state index contributed by atoms with van der Waals surface area (Å²) in [5.74, 6) is -0.846. The number of halogens is 3. The molecule has 8 heteroatoms. The summed E-state index contributed by atoms with van der Waals surface area (Å²) in [4.78, 5) is 30.3. The molecule has 0 N–H and O–H groups in total. The lowest BCUT2D eigenvalue weighted by molar-refractivity contribution is -0.191. The van der Waals surface area contributed by atoms with Crippen molar-refractivity contribution in [2.45, 2.75) is 32.4 Å². The number of carbonyl (C=O) groups excluding carboxylic acids is 3. The summed E-state index contributed by atoms with van der Waals surface area (Å²) in [5.41, 5.74) is 1.31. The molecule has 0 aliphatic carbocycles. The Hall–Kier alpha value is -2.86. The molecule has 0 radical (unpaired) electrons. The zero-order chi connectivity index (χ0) is 20.6. The molecule has 2 rings (SSSR count). The van der Waals surface area contributed by atoms with Gasteiger partial charge in [0.2, 0.25) is 0 Å². The van der Waals surface area contributed by atoms with Crippen LogP contribution < -0.4 is 0 Å². The molecular formula is C19H20F3NO4. The van der Waals surface area contributed by atoms with Gasteiger partial charge in [0.25, 0.3) is 0 Å². The number of esters is 1. The third kappa shape index (κ3) is 5.82. The molecule has 0 bridgehead atoms. The van der Waals surface area contributed by atoms with Gasteiger partial charge >= 0.3 is 18.3 Å². The van der Waals surface area contributed by atoms with E-state index in [-0.39, 0.29) is 12.8 Å². The van der Waals surface area contributed by atoms with Crippen LogP contribution in [-0.2, 0) is 25.3 Å². The first-order valence-electron chi connectivity index (χ1n) is 8.17. The monoisotopic (exact) mass is 383 g/mol. The summed E-state index contributed by atoms with van der Waals surface area (Å²) in [6, 6.07) is 4.94. The van der Waals surface area contributed by atoms with E-state index in [1.165, 1.54) is 12.1 Å².